The quantitative estimate of drug-likeness (QED) is 0.620. The smallest absolute Gasteiger partial charge is 0.262 e. The number of anilines is 1. The van der Waals surface area contributed by atoms with E-state index in [-0.39, 0.29) is 11.8 Å². The predicted octanol–water partition coefficient (Wildman–Crippen LogP) is 3.87. The molecule has 146 valence electrons. The summed E-state index contributed by atoms with van der Waals surface area (Å²) >= 11 is 6.11. The fourth-order valence-corrected chi connectivity index (χ4v) is 4.41. The summed E-state index contributed by atoms with van der Waals surface area (Å²) < 4.78 is 0. The molecule has 0 spiro atoms. The van der Waals surface area contributed by atoms with Crippen LogP contribution >= 0.6 is 11.6 Å². The number of carbonyl (C=O) groups excluding carboxylic acids is 2. The fraction of sp³-hybridized carbons (Fsp3) is 0.217. The van der Waals surface area contributed by atoms with Crippen LogP contribution in [-0.2, 0) is 0 Å². The maximum atomic E-state index is 13.1. The Morgan fingerprint density at radius 3 is 2.03 bits per heavy atom. The van der Waals surface area contributed by atoms with Crippen LogP contribution in [0.2, 0.25) is 5.02 Å². The molecule has 0 N–H and O–H groups in total. The predicted molar refractivity (Wildman–Crippen MR) is 115 cm³/mol. The van der Waals surface area contributed by atoms with Crippen LogP contribution in [0.5, 0.6) is 0 Å². The summed E-state index contributed by atoms with van der Waals surface area (Å²) in [6, 6.07) is 19.1. The van der Waals surface area contributed by atoms with Crippen LogP contribution in [-0.4, -0.2) is 54.5 Å². The number of benzene rings is 3. The summed E-state index contributed by atoms with van der Waals surface area (Å²) in [6.07, 6.45) is 0. The number of rotatable bonds is 3. The molecule has 3 aromatic rings. The summed E-state index contributed by atoms with van der Waals surface area (Å²) in [6.45, 7) is 3.50. The number of piperazine rings is 1. The molecular formula is C23H20ClN3O2. The molecule has 2 aliphatic rings. The van der Waals surface area contributed by atoms with Crippen molar-refractivity contribution in [2.45, 2.75) is 0 Å². The Balaban J connectivity index is 1.33. The van der Waals surface area contributed by atoms with Crippen molar-refractivity contribution < 1.29 is 9.59 Å². The highest BCUT2D eigenvalue weighted by atomic mass is 35.5. The lowest BCUT2D eigenvalue weighted by atomic mass is 9.94. The minimum Gasteiger partial charge on any atom is -0.369 e. The molecule has 0 bridgehead atoms. The summed E-state index contributed by atoms with van der Waals surface area (Å²) in [4.78, 5) is 31.9. The molecule has 6 heteroatoms. The third-order valence-electron chi connectivity index (χ3n) is 5.74. The second kappa shape index (κ2) is 7.17. The molecule has 29 heavy (non-hydrogen) atoms. The van der Waals surface area contributed by atoms with E-state index in [9.17, 15) is 9.59 Å². The molecule has 1 saturated heterocycles. The van der Waals surface area contributed by atoms with E-state index in [4.69, 9.17) is 11.6 Å². The van der Waals surface area contributed by atoms with E-state index in [0.29, 0.717) is 17.8 Å². The fourth-order valence-electron chi connectivity index (χ4n) is 4.23. The number of hydrogen-bond acceptors (Lipinski definition) is 4. The van der Waals surface area contributed by atoms with Gasteiger partial charge in [0.25, 0.3) is 11.8 Å². The molecular weight excluding hydrogens is 386 g/mol. The molecule has 2 amide bonds. The van der Waals surface area contributed by atoms with E-state index < -0.39 is 0 Å². The monoisotopic (exact) mass is 405 g/mol. The number of carbonyl (C=O) groups is 2. The van der Waals surface area contributed by atoms with Crippen LogP contribution in [0.1, 0.15) is 20.7 Å². The zero-order valence-corrected chi connectivity index (χ0v) is 16.6. The van der Waals surface area contributed by atoms with Gasteiger partial charge in [-0.3, -0.25) is 19.4 Å². The minimum absolute atomic E-state index is 0.212. The molecule has 2 aliphatic heterocycles. The first kappa shape index (κ1) is 18.2. The van der Waals surface area contributed by atoms with Crippen molar-refractivity contribution in [3.8, 4) is 0 Å². The van der Waals surface area contributed by atoms with E-state index in [1.165, 1.54) is 4.90 Å². The van der Waals surface area contributed by atoms with E-state index in [2.05, 4.69) is 15.9 Å². The molecule has 0 radical (unpaired) electrons. The molecule has 0 aliphatic carbocycles. The van der Waals surface area contributed by atoms with Gasteiger partial charge in [0.05, 0.1) is 6.67 Å². The average molecular weight is 406 g/mol. The molecule has 0 saturated carbocycles. The van der Waals surface area contributed by atoms with Gasteiger partial charge in [-0.2, -0.15) is 0 Å². The maximum Gasteiger partial charge on any atom is 0.262 e. The van der Waals surface area contributed by atoms with Crippen molar-refractivity contribution in [1.29, 1.82) is 0 Å². The standard InChI is InChI=1S/C23H20ClN3O2/c24-17-6-3-7-18(14-17)26-12-10-25(11-13-26)15-27-22(28)19-8-1-4-16-5-2-9-20(21(16)19)23(27)29/h1-9,14H,10-13,15H2. The first-order valence-corrected chi connectivity index (χ1v) is 10.1. The van der Waals surface area contributed by atoms with Crippen LogP contribution in [0.3, 0.4) is 0 Å². The number of nitrogens with zero attached hydrogens (tertiary/aromatic N) is 3. The highest BCUT2D eigenvalue weighted by Crippen LogP contribution is 2.30. The molecule has 2 heterocycles. The lowest BCUT2D eigenvalue weighted by molar-refractivity contribution is 0.0490. The second-order valence-corrected chi connectivity index (χ2v) is 7.91. The van der Waals surface area contributed by atoms with Gasteiger partial charge in [-0.05, 0) is 35.7 Å². The van der Waals surface area contributed by atoms with Crippen molar-refractivity contribution in [2.75, 3.05) is 37.7 Å². The van der Waals surface area contributed by atoms with Crippen molar-refractivity contribution in [3.63, 3.8) is 0 Å². The van der Waals surface area contributed by atoms with Gasteiger partial charge in [0.1, 0.15) is 0 Å². The number of hydrogen-bond donors (Lipinski definition) is 0. The van der Waals surface area contributed by atoms with Gasteiger partial charge < -0.3 is 4.90 Å². The molecule has 5 rings (SSSR count). The van der Waals surface area contributed by atoms with Crippen LogP contribution in [0, 0.1) is 0 Å². The Bertz CT molecular complexity index is 1070. The number of amides is 2. The average Bonchev–Trinajstić information content (AvgIpc) is 2.75. The lowest BCUT2D eigenvalue weighted by Crippen LogP contribution is -2.53. The second-order valence-electron chi connectivity index (χ2n) is 7.47. The highest BCUT2D eigenvalue weighted by molar-refractivity contribution is 6.30. The Labute approximate surface area is 174 Å². The Morgan fingerprint density at radius 2 is 1.41 bits per heavy atom. The summed E-state index contributed by atoms with van der Waals surface area (Å²) in [5.41, 5.74) is 2.31. The normalized spacial score (nSPS) is 17.3. The molecule has 5 nitrogen and oxygen atoms in total. The Morgan fingerprint density at radius 1 is 0.793 bits per heavy atom. The van der Waals surface area contributed by atoms with Gasteiger partial charge in [0.2, 0.25) is 0 Å². The Hall–Kier alpha value is -2.89. The van der Waals surface area contributed by atoms with Gasteiger partial charge in [0, 0.05) is 53.4 Å². The first-order valence-electron chi connectivity index (χ1n) is 9.72. The maximum absolute atomic E-state index is 13.1. The molecule has 0 aromatic heterocycles. The van der Waals surface area contributed by atoms with E-state index in [0.717, 1.165) is 47.7 Å². The van der Waals surface area contributed by atoms with Crippen molar-refractivity contribution in [2.24, 2.45) is 0 Å². The molecule has 0 atom stereocenters. The van der Waals surface area contributed by atoms with Gasteiger partial charge >= 0.3 is 0 Å². The number of halogens is 1. The van der Waals surface area contributed by atoms with Crippen LogP contribution in [0.25, 0.3) is 10.8 Å². The minimum atomic E-state index is -0.212. The van der Waals surface area contributed by atoms with E-state index >= 15 is 0 Å². The van der Waals surface area contributed by atoms with Crippen LogP contribution in [0.4, 0.5) is 5.69 Å². The van der Waals surface area contributed by atoms with E-state index in [1.54, 1.807) is 0 Å². The zero-order chi connectivity index (χ0) is 20.0. The van der Waals surface area contributed by atoms with Crippen molar-refractivity contribution in [1.82, 2.24) is 9.80 Å². The topological polar surface area (TPSA) is 43.9 Å². The highest BCUT2D eigenvalue weighted by Gasteiger charge is 2.34. The third kappa shape index (κ3) is 3.16. The van der Waals surface area contributed by atoms with Crippen LogP contribution in [0.15, 0.2) is 60.7 Å². The molecule has 0 unspecified atom stereocenters. The van der Waals surface area contributed by atoms with Crippen molar-refractivity contribution in [3.05, 3.63) is 76.8 Å². The summed E-state index contributed by atoms with van der Waals surface area (Å²) in [5.74, 6) is -0.423. The van der Waals surface area contributed by atoms with Gasteiger partial charge in [-0.1, -0.05) is 41.9 Å². The summed E-state index contributed by atoms with van der Waals surface area (Å²) in [7, 11) is 0. The van der Waals surface area contributed by atoms with Crippen molar-refractivity contribution >= 4 is 39.9 Å². The van der Waals surface area contributed by atoms with Gasteiger partial charge in [-0.15, -0.1) is 0 Å². The third-order valence-corrected chi connectivity index (χ3v) is 5.98. The molecule has 1 fully saturated rings. The SMILES string of the molecule is O=C1c2cccc3cccc(c23)C(=O)N1CN1CCN(c2cccc(Cl)c2)CC1. The van der Waals surface area contributed by atoms with E-state index in [1.807, 2.05) is 54.6 Å². The van der Waals surface area contributed by atoms with Crippen LogP contribution < -0.4 is 4.90 Å². The van der Waals surface area contributed by atoms with Gasteiger partial charge in [0.15, 0.2) is 0 Å². The molecule has 3 aromatic carbocycles. The first-order chi connectivity index (χ1) is 14.1. The lowest BCUT2D eigenvalue weighted by Gasteiger charge is -2.38. The summed E-state index contributed by atoms with van der Waals surface area (Å²) in [5, 5.41) is 2.42. The van der Waals surface area contributed by atoms with Gasteiger partial charge in [-0.25, -0.2) is 0 Å². The number of imide groups is 1. The Kier molecular flexibility index (Phi) is 4.49. The largest absolute Gasteiger partial charge is 0.369 e. The zero-order valence-electron chi connectivity index (χ0n) is 15.8.